The van der Waals surface area contributed by atoms with Gasteiger partial charge < -0.3 is 24.7 Å². The maximum Gasteiger partial charge on any atom is 0.345 e. The molecular formula is C29H26ClN3O7. The standard InChI is InChI=1S/C29H26ClN3O7/c1-3-5-12-38-24-11-6-17(13-26(24)37-4-2)27-20-9-8-19(15-25(20)40-28(32)22(27)16-31)39-29(34)21-14-18(33(35)36)7-10-23(21)30/h6-11,13-15,27H,3-5,12,32H2,1-2H3. The van der Waals surface area contributed by atoms with Gasteiger partial charge in [0.05, 0.1) is 34.6 Å². The number of halogens is 1. The Labute approximate surface area is 235 Å². The first-order valence-corrected chi connectivity index (χ1v) is 12.9. The number of hydrogen-bond acceptors (Lipinski definition) is 9. The summed E-state index contributed by atoms with van der Waals surface area (Å²) in [5.74, 6) is -0.0586. The van der Waals surface area contributed by atoms with Crippen molar-refractivity contribution in [3.63, 3.8) is 0 Å². The number of nitrogens with two attached hydrogens (primary N) is 1. The zero-order valence-corrected chi connectivity index (χ0v) is 22.6. The summed E-state index contributed by atoms with van der Waals surface area (Å²) >= 11 is 6.08. The summed E-state index contributed by atoms with van der Waals surface area (Å²) in [6, 6.07) is 15.7. The highest BCUT2D eigenvalue weighted by atomic mass is 35.5. The Morgan fingerprint density at radius 3 is 2.62 bits per heavy atom. The second-order valence-corrected chi connectivity index (χ2v) is 9.18. The van der Waals surface area contributed by atoms with Gasteiger partial charge in [0.2, 0.25) is 5.88 Å². The van der Waals surface area contributed by atoms with Gasteiger partial charge in [0.15, 0.2) is 11.5 Å². The lowest BCUT2D eigenvalue weighted by atomic mass is 9.83. The zero-order valence-electron chi connectivity index (χ0n) is 21.8. The van der Waals surface area contributed by atoms with Gasteiger partial charge in [0.1, 0.15) is 23.1 Å². The third-order valence-corrected chi connectivity index (χ3v) is 6.47. The normalized spacial score (nSPS) is 14.0. The molecule has 0 bridgehead atoms. The number of nitrogens with zero attached hydrogens (tertiary/aromatic N) is 2. The van der Waals surface area contributed by atoms with E-state index in [0.717, 1.165) is 24.5 Å². The third-order valence-electron chi connectivity index (χ3n) is 6.14. The number of nitriles is 1. The van der Waals surface area contributed by atoms with Crippen LogP contribution in [0.1, 0.15) is 54.1 Å². The summed E-state index contributed by atoms with van der Waals surface area (Å²) in [6.07, 6.45) is 1.89. The lowest BCUT2D eigenvalue weighted by Gasteiger charge is -2.27. The number of benzene rings is 3. The van der Waals surface area contributed by atoms with E-state index in [-0.39, 0.29) is 39.2 Å². The van der Waals surface area contributed by atoms with E-state index >= 15 is 0 Å². The Bertz CT molecular complexity index is 1530. The monoisotopic (exact) mass is 563 g/mol. The van der Waals surface area contributed by atoms with E-state index < -0.39 is 16.8 Å². The van der Waals surface area contributed by atoms with Crippen LogP contribution >= 0.6 is 11.6 Å². The number of nitro groups is 1. The van der Waals surface area contributed by atoms with Crippen LogP contribution in [-0.4, -0.2) is 24.1 Å². The van der Waals surface area contributed by atoms with Crippen molar-refractivity contribution in [3.05, 3.63) is 97.9 Å². The molecule has 1 unspecified atom stereocenters. The van der Waals surface area contributed by atoms with E-state index in [1.165, 1.54) is 24.3 Å². The van der Waals surface area contributed by atoms with Crippen molar-refractivity contribution in [2.24, 2.45) is 5.73 Å². The third kappa shape index (κ3) is 5.95. The Morgan fingerprint density at radius 1 is 1.12 bits per heavy atom. The highest BCUT2D eigenvalue weighted by molar-refractivity contribution is 6.33. The molecule has 3 aromatic carbocycles. The molecule has 3 aromatic rings. The first-order valence-electron chi connectivity index (χ1n) is 12.5. The van der Waals surface area contributed by atoms with Crippen molar-refractivity contribution in [3.8, 4) is 29.1 Å². The molecule has 0 radical (unpaired) electrons. The van der Waals surface area contributed by atoms with Gasteiger partial charge in [0, 0.05) is 23.8 Å². The van der Waals surface area contributed by atoms with Crippen molar-refractivity contribution in [2.45, 2.75) is 32.6 Å². The number of hydrogen-bond donors (Lipinski definition) is 1. The summed E-state index contributed by atoms with van der Waals surface area (Å²) < 4.78 is 22.9. The van der Waals surface area contributed by atoms with Gasteiger partial charge in [-0.2, -0.15) is 5.26 Å². The van der Waals surface area contributed by atoms with Crippen LogP contribution in [0.3, 0.4) is 0 Å². The quantitative estimate of drug-likeness (QED) is 0.0991. The minimum atomic E-state index is -0.887. The molecule has 0 saturated carbocycles. The highest BCUT2D eigenvalue weighted by Gasteiger charge is 2.32. The van der Waals surface area contributed by atoms with Crippen molar-refractivity contribution in [1.82, 2.24) is 0 Å². The molecule has 40 heavy (non-hydrogen) atoms. The van der Waals surface area contributed by atoms with E-state index in [1.807, 2.05) is 19.1 Å². The summed E-state index contributed by atoms with van der Waals surface area (Å²) in [4.78, 5) is 23.3. The Hall–Kier alpha value is -4.75. The van der Waals surface area contributed by atoms with Gasteiger partial charge in [0.25, 0.3) is 5.69 Å². The number of allylic oxidation sites excluding steroid dienone is 1. The first-order chi connectivity index (χ1) is 19.3. The van der Waals surface area contributed by atoms with Crippen LogP contribution in [0.4, 0.5) is 5.69 Å². The molecule has 11 heteroatoms. The summed E-state index contributed by atoms with van der Waals surface area (Å²) in [6.45, 7) is 4.92. The fourth-order valence-corrected chi connectivity index (χ4v) is 4.40. The van der Waals surface area contributed by atoms with Crippen LogP contribution in [0.5, 0.6) is 23.0 Å². The largest absolute Gasteiger partial charge is 0.490 e. The molecule has 4 rings (SSSR count). The average molecular weight is 564 g/mol. The molecular weight excluding hydrogens is 538 g/mol. The van der Waals surface area contributed by atoms with Gasteiger partial charge in [-0.3, -0.25) is 10.1 Å². The van der Waals surface area contributed by atoms with Gasteiger partial charge in [-0.25, -0.2) is 4.79 Å². The number of rotatable bonds is 10. The minimum absolute atomic E-state index is 0.00272. The van der Waals surface area contributed by atoms with Crippen LogP contribution in [0.15, 0.2) is 66.1 Å². The summed E-state index contributed by atoms with van der Waals surface area (Å²) in [5.41, 5.74) is 7.22. The molecule has 0 spiro atoms. The Morgan fingerprint density at radius 2 is 1.93 bits per heavy atom. The van der Waals surface area contributed by atoms with Crippen molar-refractivity contribution >= 4 is 23.3 Å². The van der Waals surface area contributed by atoms with E-state index in [0.29, 0.717) is 30.3 Å². The number of nitro benzene ring substituents is 1. The van der Waals surface area contributed by atoms with Crippen LogP contribution in [0, 0.1) is 21.4 Å². The number of ether oxygens (including phenoxy) is 4. The summed E-state index contributed by atoms with van der Waals surface area (Å²) in [7, 11) is 0. The lowest BCUT2D eigenvalue weighted by molar-refractivity contribution is -0.384. The molecule has 2 N–H and O–H groups in total. The smallest absolute Gasteiger partial charge is 0.345 e. The molecule has 0 aromatic heterocycles. The molecule has 1 atom stereocenters. The second-order valence-electron chi connectivity index (χ2n) is 8.78. The number of carbonyl (C=O) groups excluding carboxylic acids is 1. The minimum Gasteiger partial charge on any atom is -0.490 e. The predicted octanol–water partition coefficient (Wildman–Crippen LogP) is 6.26. The van der Waals surface area contributed by atoms with E-state index in [9.17, 15) is 20.2 Å². The van der Waals surface area contributed by atoms with Gasteiger partial charge in [-0.05, 0) is 43.2 Å². The number of non-ortho nitro benzene ring substituents is 1. The van der Waals surface area contributed by atoms with Crippen LogP contribution < -0.4 is 24.7 Å². The van der Waals surface area contributed by atoms with Crippen molar-refractivity contribution in [1.29, 1.82) is 5.26 Å². The maximum atomic E-state index is 12.8. The van der Waals surface area contributed by atoms with E-state index in [1.54, 1.807) is 12.1 Å². The molecule has 0 amide bonds. The van der Waals surface area contributed by atoms with Gasteiger partial charge >= 0.3 is 5.97 Å². The molecule has 0 saturated heterocycles. The van der Waals surface area contributed by atoms with E-state index in [4.69, 9.17) is 36.3 Å². The van der Waals surface area contributed by atoms with Crippen LogP contribution in [0.25, 0.3) is 0 Å². The number of carbonyl (C=O) groups is 1. The van der Waals surface area contributed by atoms with Gasteiger partial charge in [-0.15, -0.1) is 0 Å². The topological polar surface area (TPSA) is 147 Å². The molecule has 10 nitrogen and oxygen atoms in total. The summed E-state index contributed by atoms with van der Waals surface area (Å²) in [5, 5.41) is 21.0. The first kappa shape index (κ1) is 28.3. The molecule has 1 aliphatic rings. The van der Waals surface area contributed by atoms with Crippen LogP contribution in [0.2, 0.25) is 5.02 Å². The maximum absolute atomic E-state index is 12.8. The predicted molar refractivity (Wildman–Crippen MR) is 147 cm³/mol. The Balaban J connectivity index is 1.68. The van der Waals surface area contributed by atoms with E-state index in [2.05, 4.69) is 13.0 Å². The van der Waals surface area contributed by atoms with Crippen LogP contribution in [-0.2, 0) is 0 Å². The number of fused-ring (bicyclic) bond motifs is 1. The highest BCUT2D eigenvalue weighted by Crippen LogP contribution is 2.45. The SMILES string of the molecule is CCCCOc1ccc(C2C(C#N)=C(N)Oc3cc(OC(=O)c4cc([N+](=O)[O-])ccc4Cl)ccc32)cc1OCC. The molecule has 0 fully saturated rings. The fraction of sp³-hybridized carbons (Fsp3) is 0.241. The zero-order chi connectivity index (χ0) is 28.8. The molecule has 206 valence electrons. The fourth-order valence-electron chi connectivity index (χ4n) is 4.21. The second kappa shape index (κ2) is 12.4. The van der Waals surface area contributed by atoms with Crippen molar-refractivity contribution in [2.75, 3.05) is 13.2 Å². The van der Waals surface area contributed by atoms with Gasteiger partial charge in [-0.1, -0.05) is 37.1 Å². The molecule has 1 heterocycles. The number of unbranched alkanes of at least 4 members (excludes halogenated alkanes) is 1. The van der Waals surface area contributed by atoms with Crippen molar-refractivity contribution < 1.29 is 28.7 Å². The Kier molecular flexibility index (Phi) is 8.76. The molecule has 0 aliphatic carbocycles. The average Bonchev–Trinajstić information content (AvgIpc) is 2.93. The molecule has 1 aliphatic heterocycles. The number of esters is 1. The lowest BCUT2D eigenvalue weighted by Crippen LogP contribution is -2.21.